The van der Waals surface area contributed by atoms with Crippen molar-refractivity contribution in [3.8, 4) is 0 Å². The monoisotopic (exact) mass is 207 g/mol. The molecule has 1 aromatic rings. The minimum atomic E-state index is 0.329. The highest BCUT2D eigenvalue weighted by Gasteiger charge is 2.29. The van der Waals surface area contributed by atoms with E-state index in [-0.39, 0.29) is 0 Å². The van der Waals surface area contributed by atoms with Gasteiger partial charge in [0, 0.05) is 23.2 Å². The van der Waals surface area contributed by atoms with E-state index in [1.54, 1.807) is 0 Å². The number of hydrogen-bond acceptors (Lipinski definition) is 2. The third-order valence-corrected chi connectivity index (χ3v) is 3.82. The van der Waals surface area contributed by atoms with E-state index >= 15 is 0 Å². The fourth-order valence-electron chi connectivity index (χ4n) is 2.18. The quantitative estimate of drug-likeness (QED) is 0.642. The summed E-state index contributed by atoms with van der Waals surface area (Å²) in [5.74, 6) is 0. The standard InChI is InChI=1S/C12H17NS/c1-9-6-5-7-10-11(9)13(4)8-12(2,3)14-10/h5-7H,8H2,1-4H3. The average molecular weight is 207 g/mol. The molecule has 0 saturated carbocycles. The second-order valence-corrected chi connectivity index (χ2v) is 6.39. The normalized spacial score (nSPS) is 19.3. The molecule has 0 aromatic heterocycles. The Labute approximate surface area is 90.5 Å². The SMILES string of the molecule is Cc1cccc2c1N(C)CC(C)(C)S2. The summed E-state index contributed by atoms with van der Waals surface area (Å²) in [6.45, 7) is 7.92. The highest BCUT2D eigenvalue weighted by Crippen LogP contribution is 2.44. The molecular formula is C12H17NS. The van der Waals surface area contributed by atoms with E-state index in [1.807, 2.05) is 11.8 Å². The van der Waals surface area contributed by atoms with Crippen LogP contribution in [0.2, 0.25) is 0 Å². The van der Waals surface area contributed by atoms with Gasteiger partial charge in [-0.05, 0) is 32.4 Å². The molecule has 0 radical (unpaired) electrons. The first kappa shape index (κ1) is 9.91. The van der Waals surface area contributed by atoms with Crippen molar-refractivity contribution < 1.29 is 0 Å². The summed E-state index contributed by atoms with van der Waals surface area (Å²) >= 11 is 1.99. The number of benzene rings is 1. The molecule has 1 heterocycles. The molecule has 14 heavy (non-hydrogen) atoms. The van der Waals surface area contributed by atoms with Gasteiger partial charge in [-0.2, -0.15) is 0 Å². The summed E-state index contributed by atoms with van der Waals surface area (Å²) in [4.78, 5) is 3.80. The van der Waals surface area contributed by atoms with Gasteiger partial charge >= 0.3 is 0 Å². The van der Waals surface area contributed by atoms with Gasteiger partial charge in [-0.25, -0.2) is 0 Å². The molecule has 0 saturated heterocycles. The van der Waals surface area contributed by atoms with Gasteiger partial charge < -0.3 is 4.90 Å². The van der Waals surface area contributed by atoms with E-state index in [9.17, 15) is 0 Å². The fraction of sp³-hybridized carbons (Fsp3) is 0.500. The molecule has 2 heteroatoms. The summed E-state index contributed by atoms with van der Waals surface area (Å²) in [7, 11) is 2.19. The summed E-state index contributed by atoms with van der Waals surface area (Å²) < 4.78 is 0.329. The van der Waals surface area contributed by atoms with E-state index in [1.165, 1.54) is 16.1 Å². The first-order chi connectivity index (χ1) is 6.49. The summed E-state index contributed by atoms with van der Waals surface area (Å²) in [5, 5.41) is 0. The Morgan fingerprint density at radius 1 is 1.36 bits per heavy atom. The third kappa shape index (κ3) is 1.63. The Kier molecular flexibility index (Phi) is 2.26. The lowest BCUT2D eigenvalue weighted by atomic mass is 10.1. The predicted octanol–water partition coefficient (Wildman–Crippen LogP) is 3.32. The second-order valence-electron chi connectivity index (χ2n) is 4.64. The number of thioether (sulfide) groups is 1. The van der Waals surface area contributed by atoms with Crippen molar-refractivity contribution in [2.45, 2.75) is 30.4 Å². The van der Waals surface area contributed by atoms with Crippen LogP contribution in [0.3, 0.4) is 0 Å². The zero-order valence-corrected chi connectivity index (χ0v) is 10.1. The van der Waals surface area contributed by atoms with Crippen molar-refractivity contribution in [1.29, 1.82) is 0 Å². The first-order valence-electron chi connectivity index (χ1n) is 4.99. The van der Waals surface area contributed by atoms with Crippen LogP contribution in [0.4, 0.5) is 5.69 Å². The smallest absolute Gasteiger partial charge is 0.0532 e. The molecule has 0 bridgehead atoms. The van der Waals surface area contributed by atoms with Gasteiger partial charge in [-0.1, -0.05) is 12.1 Å². The van der Waals surface area contributed by atoms with Gasteiger partial charge in [0.25, 0.3) is 0 Å². The molecule has 0 fully saturated rings. The van der Waals surface area contributed by atoms with Crippen LogP contribution in [0.25, 0.3) is 0 Å². The van der Waals surface area contributed by atoms with Crippen LogP contribution >= 0.6 is 11.8 Å². The van der Waals surface area contributed by atoms with Crippen molar-refractivity contribution in [3.63, 3.8) is 0 Å². The zero-order valence-electron chi connectivity index (χ0n) is 9.29. The van der Waals surface area contributed by atoms with Crippen LogP contribution in [-0.4, -0.2) is 18.3 Å². The number of fused-ring (bicyclic) bond motifs is 1. The first-order valence-corrected chi connectivity index (χ1v) is 5.81. The van der Waals surface area contributed by atoms with E-state index < -0.39 is 0 Å². The Morgan fingerprint density at radius 3 is 2.79 bits per heavy atom. The maximum atomic E-state index is 2.38. The lowest BCUT2D eigenvalue weighted by Crippen LogP contribution is -2.37. The number of hydrogen-bond donors (Lipinski definition) is 0. The van der Waals surface area contributed by atoms with Crippen molar-refractivity contribution in [2.75, 3.05) is 18.5 Å². The molecule has 0 N–H and O–H groups in total. The number of aryl methyl sites for hydroxylation is 1. The highest BCUT2D eigenvalue weighted by molar-refractivity contribution is 8.00. The topological polar surface area (TPSA) is 3.24 Å². The molecule has 1 nitrogen and oxygen atoms in total. The summed E-state index contributed by atoms with van der Waals surface area (Å²) in [6.07, 6.45) is 0. The third-order valence-electron chi connectivity index (χ3n) is 2.59. The fourth-order valence-corrected chi connectivity index (χ4v) is 3.60. The summed E-state index contributed by atoms with van der Waals surface area (Å²) in [5.41, 5.74) is 2.80. The van der Waals surface area contributed by atoms with E-state index in [2.05, 4.69) is 50.9 Å². The molecule has 0 unspecified atom stereocenters. The average Bonchev–Trinajstić information content (AvgIpc) is 2.00. The molecule has 0 aliphatic carbocycles. The molecule has 1 aliphatic rings. The molecule has 76 valence electrons. The van der Waals surface area contributed by atoms with Crippen molar-refractivity contribution in [2.24, 2.45) is 0 Å². The number of anilines is 1. The highest BCUT2D eigenvalue weighted by atomic mass is 32.2. The van der Waals surface area contributed by atoms with Gasteiger partial charge in [-0.15, -0.1) is 11.8 Å². The second kappa shape index (κ2) is 3.20. The summed E-state index contributed by atoms with van der Waals surface area (Å²) in [6, 6.07) is 6.56. The van der Waals surface area contributed by atoms with Crippen LogP contribution < -0.4 is 4.90 Å². The van der Waals surface area contributed by atoms with E-state index in [0.717, 1.165) is 6.54 Å². The maximum absolute atomic E-state index is 2.38. The molecule has 1 aliphatic heterocycles. The van der Waals surface area contributed by atoms with Crippen molar-refractivity contribution in [3.05, 3.63) is 23.8 Å². The van der Waals surface area contributed by atoms with Crippen LogP contribution in [-0.2, 0) is 0 Å². The van der Waals surface area contributed by atoms with Crippen molar-refractivity contribution in [1.82, 2.24) is 0 Å². The molecule has 1 aromatic carbocycles. The minimum Gasteiger partial charge on any atom is -0.372 e. The van der Waals surface area contributed by atoms with E-state index in [4.69, 9.17) is 0 Å². The van der Waals surface area contributed by atoms with Crippen LogP contribution in [0.15, 0.2) is 23.1 Å². The minimum absolute atomic E-state index is 0.329. The lowest BCUT2D eigenvalue weighted by molar-refractivity contribution is 0.675. The Morgan fingerprint density at radius 2 is 2.07 bits per heavy atom. The van der Waals surface area contributed by atoms with Crippen LogP contribution in [0.1, 0.15) is 19.4 Å². The van der Waals surface area contributed by atoms with E-state index in [0.29, 0.717) is 4.75 Å². The molecule has 0 spiro atoms. The molecular weight excluding hydrogens is 190 g/mol. The van der Waals surface area contributed by atoms with Gasteiger partial charge in [0.2, 0.25) is 0 Å². The Balaban J connectivity index is 2.50. The lowest BCUT2D eigenvalue weighted by Gasteiger charge is -2.38. The van der Waals surface area contributed by atoms with Crippen molar-refractivity contribution >= 4 is 17.4 Å². The Hall–Kier alpha value is -0.630. The molecule has 2 rings (SSSR count). The number of para-hydroxylation sites is 1. The predicted molar refractivity (Wildman–Crippen MR) is 64.4 cm³/mol. The zero-order chi connectivity index (χ0) is 10.3. The maximum Gasteiger partial charge on any atom is 0.0532 e. The largest absolute Gasteiger partial charge is 0.372 e. The van der Waals surface area contributed by atoms with Gasteiger partial charge in [0.05, 0.1) is 5.69 Å². The molecule has 0 amide bonds. The number of nitrogens with zero attached hydrogens (tertiary/aromatic N) is 1. The van der Waals surface area contributed by atoms with Gasteiger partial charge in [0.15, 0.2) is 0 Å². The number of rotatable bonds is 0. The van der Waals surface area contributed by atoms with Gasteiger partial charge in [-0.3, -0.25) is 0 Å². The van der Waals surface area contributed by atoms with Crippen LogP contribution in [0, 0.1) is 6.92 Å². The van der Waals surface area contributed by atoms with Crippen LogP contribution in [0.5, 0.6) is 0 Å². The molecule has 0 atom stereocenters. The Bertz CT molecular complexity index is 357. The van der Waals surface area contributed by atoms with Gasteiger partial charge in [0.1, 0.15) is 0 Å².